The summed E-state index contributed by atoms with van der Waals surface area (Å²) < 4.78 is 5.78. The number of para-hydroxylation sites is 1. The normalized spacial score (nSPS) is 14.7. The molecule has 1 aromatic carbocycles. The number of nitrogens with zero attached hydrogens (tertiary/aromatic N) is 3. The summed E-state index contributed by atoms with van der Waals surface area (Å²) in [5, 5.41) is 12.8. The maximum absolute atomic E-state index is 5.78. The summed E-state index contributed by atoms with van der Waals surface area (Å²) >= 11 is 0. The zero-order valence-electron chi connectivity index (χ0n) is 11.6. The lowest BCUT2D eigenvalue weighted by Crippen LogP contribution is -2.19. The second kappa shape index (κ2) is 5.26. The standard InChI is InChI=1S/C16H16N4O/c1-3-11-4-2-9-18-15(11)13(5-1)16-20-19-14(21-16)8-10-17-12-6-7-12/h1-5,9,12,17H,6-8,10H2. The number of benzene rings is 1. The van der Waals surface area contributed by atoms with Gasteiger partial charge in [-0.1, -0.05) is 18.2 Å². The third-order valence-electron chi connectivity index (χ3n) is 3.68. The predicted molar refractivity (Wildman–Crippen MR) is 79.8 cm³/mol. The summed E-state index contributed by atoms with van der Waals surface area (Å²) in [6.07, 6.45) is 5.12. The van der Waals surface area contributed by atoms with Crippen molar-refractivity contribution in [3.8, 4) is 11.5 Å². The maximum atomic E-state index is 5.78. The van der Waals surface area contributed by atoms with Gasteiger partial charge in [0.1, 0.15) is 0 Å². The highest BCUT2D eigenvalue weighted by molar-refractivity contribution is 5.91. The Hall–Kier alpha value is -2.27. The zero-order chi connectivity index (χ0) is 14.1. The molecular formula is C16H16N4O. The molecule has 1 saturated carbocycles. The van der Waals surface area contributed by atoms with Crippen LogP contribution in [0, 0.1) is 0 Å². The van der Waals surface area contributed by atoms with E-state index >= 15 is 0 Å². The van der Waals surface area contributed by atoms with Crippen LogP contribution in [-0.4, -0.2) is 27.8 Å². The molecule has 0 atom stereocenters. The molecule has 1 aliphatic carbocycles. The lowest BCUT2D eigenvalue weighted by atomic mass is 10.1. The van der Waals surface area contributed by atoms with E-state index in [0.29, 0.717) is 17.8 Å². The Morgan fingerprint density at radius 1 is 1.14 bits per heavy atom. The number of pyridine rings is 1. The van der Waals surface area contributed by atoms with Gasteiger partial charge in [0.15, 0.2) is 0 Å². The first-order valence-electron chi connectivity index (χ1n) is 7.30. The average molecular weight is 280 g/mol. The van der Waals surface area contributed by atoms with Crippen molar-refractivity contribution < 1.29 is 4.42 Å². The fourth-order valence-electron chi connectivity index (χ4n) is 2.41. The van der Waals surface area contributed by atoms with Gasteiger partial charge in [0.25, 0.3) is 0 Å². The molecule has 1 N–H and O–H groups in total. The van der Waals surface area contributed by atoms with E-state index in [0.717, 1.165) is 29.4 Å². The number of hydrogen-bond donors (Lipinski definition) is 1. The van der Waals surface area contributed by atoms with Crippen LogP contribution in [0.1, 0.15) is 18.7 Å². The minimum atomic E-state index is 0.542. The molecule has 2 heterocycles. The summed E-state index contributed by atoms with van der Waals surface area (Å²) in [7, 11) is 0. The van der Waals surface area contributed by atoms with Crippen molar-refractivity contribution in [2.75, 3.05) is 6.54 Å². The van der Waals surface area contributed by atoms with Gasteiger partial charge in [0.05, 0.1) is 11.1 Å². The third kappa shape index (κ3) is 2.64. The van der Waals surface area contributed by atoms with Gasteiger partial charge in [-0.25, -0.2) is 0 Å². The highest BCUT2D eigenvalue weighted by Gasteiger charge is 2.20. The Kier molecular flexibility index (Phi) is 3.12. The number of rotatable bonds is 5. The van der Waals surface area contributed by atoms with Gasteiger partial charge >= 0.3 is 0 Å². The summed E-state index contributed by atoms with van der Waals surface area (Å²) in [5.74, 6) is 1.21. The van der Waals surface area contributed by atoms with Crippen molar-refractivity contribution >= 4 is 10.9 Å². The molecule has 0 spiro atoms. The monoisotopic (exact) mass is 280 g/mol. The van der Waals surface area contributed by atoms with E-state index in [-0.39, 0.29) is 0 Å². The second-order valence-electron chi connectivity index (χ2n) is 5.36. The van der Waals surface area contributed by atoms with Crippen molar-refractivity contribution in [1.82, 2.24) is 20.5 Å². The largest absolute Gasteiger partial charge is 0.421 e. The number of fused-ring (bicyclic) bond motifs is 1. The Morgan fingerprint density at radius 2 is 2.05 bits per heavy atom. The Morgan fingerprint density at radius 3 is 2.95 bits per heavy atom. The number of aromatic nitrogens is 3. The smallest absolute Gasteiger partial charge is 0.249 e. The number of hydrogen-bond acceptors (Lipinski definition) is 5. The van der Waals surface area contributed by atoms with Crippen LogP contribution in [0.15, 0.2) is 40.9 Å². The molecule has 1 aliphatic rings. The molecule has 106 valence electrons. The Bertz CT molecular complexity index is 758. The van der Waals surface area contributed by atoms with Crippen LogP contribution in [0.5, 0.6) is 0 Å². The van der Waals surface area contributed by atoms with Crippen LogP contribution < -0.4 is 5.32 Å². The summed E-state index contributed by atoms with van der Waals surface area (Å²) in [4.78, 5) is 4.42. The van der Waals surface area contributed by atoms with Crippen LogP contribution in [0.4, 0.5) is 0 Å². The van der Waals surface area contributed by atoms with E-state index in [1.807, 2.05) is 30.3 Å². The first kappa shape index (κ1) is 12.5. The van der Waals surface area contributed by atoms with Gasteiger partial charge in [0, 0.05) is 30.6 Å². The second-order valence-corrected chi connectivity index (χ2v) is 5.36. The van der Waals surface area contributed by atoms with E-state index in [4.69, 9.17) is 4.42 Å². The van der Waals surface area contributed by atoms with Gasteiger partial charge in [0.2, 0.25) is 11.8 Å². The van der Waals surface area contributed by atoms with Gasteiger partial charge in [-0.3, -0.25) is 4.98 Å². The molecule has 0 radical (unpaired) electrons. The summed E-state index contributed by atoms with van der Waals surface area (Å²) in [5.41, 5.74) is 1.79. The van der Waals surface area contributed by atoms with E-state index in [1.165, 1.54) is 12.8 Å². The van der Waals surface area contributed by atoms with E-state index < -0.39 is 0 Å². The van der Waals surface area contributed by atoms with Gasteiger partial charge in [-0.15, -0.1) is 10.2 Å². The van der Waals surface area contributed by atoms with Crippen molar-refractivity contribution in [2.45, 2.75) is 25.3 Å². The minimum absolute atomic E-state index is 0.542. The topological polar surface area (TPSA) is 63.8 Å². The molecule has 0 unspecified atom stereocenters. The van der Waals surface area contributed by atoms with Gasteiger partial charge < -0.3 is 9.73 Å². The first-order valence-corrected chi connectivity index (χ1v) is 7.30. The molecule has 4 rings (SSSR count). The molecule has 0 bridgehead atoms. The van der Waals surface area contributed by atoms with Crippen LogP contribution in [0.25, 0.3) is 22.4 Å². The zero-order valence-corrected chi connectivity index (χ0v) is 11.6. The van der Waals surface area contributed by atoms with Crippen LogP contribution in [0.3, 0.4) is 0 Å². The Labute approximate surface area is 122 Å². The first-order chi connectivity index (χ1) is 10.4. The van der Waals surface area contributed by atoms with Crippen molar-refractivity contribution in [2.24, 2.45) is 0 Å². The molecule has 0 aliphatic heterocycles. The van der Waals surface area contributed by atoms with Crippen molar-refractivity contribution in [3.63, 3.8) is 0 Å². The van der Waals surface area contributed by atoms with E-state index in [1.54, 1.807) is 6.20 Å². The van der Waals surface area contributed by atoms with Crippen molar-refractivity contribution in [3.05, 3.63) is 42.4 Å². The number of nitrogens with one attached hydrogen (secondary N) is 1. The van der Waals surface area contributed by atoms with Crippen LogP contribution in [0.2, 0.25) is 0 Å². The fraction of sp³-hybridized carbons (Fsp3) is 0.312. The maximum Gasteiger partial charge on any atom is 0.249 e. The quantitative estimate of drug-likeness (QED) is 0.778. The van der Waals surface area contributed by atoms with Crippen LogP contribution in [-0.2, 0) is 6.42 Å². The predicted octanol–water partition coefficient (Wildman–Crippen LogP) is 2.58. The van der Waals surface area contributed by atoms with E-state index in [9.17, 15) is 0 Å². The summed E-state index contributed by atoms with van der Waals surface area (Å²) in [6, 6.07) is 10.6. The highest BCUT2D eigenvalue weighted by atomic mass is 16.4. The molecule has 21 heavy (non-hydrogen) atoms. The molecule has 2 aromatic heterocycles. The lowest BCUT2D eigenvalue weighted by molar-refractivity contribution is 0.494. The minimum Gasteiger partial charge on any atom is -0.421 e. The molecule has 5 nitrogen and oxygen atoms in total. The molecular weight excluding hydrogens is 264 g/mol. The van der Waals surface area contributed by atoms with Crippen molar-refractivity contribution in [1.29, 1.82) is 0 Å². The van der Waals surface area contributed by atoms with Gasteiger partial charge in [-0.2, -0.15) is 0 Å². The molecule has 3 aromatic rings. The lowest BCUT2D eigenvalue weighted by Gasteiger charge is -2.01. The van der Waals surface area contributed by atoms with E-state index in [2.05, 4.69) is 20.5 Å². The Balaban J connectivity index is 1.58. The summed E-state index contributed by atoms with van der Waals surface area (Å²) in [6.45, 7) is 0.889. The molecule has 0 saturated heterocycles. The van der Waals surface area contributed by atoms with Gasteiger partial charge in [-0.05, 0) is 25.0 Å². The average Bonchev–Trinajstić information content (AvgIpc) is 3.23. The fourth-order valence-corrected chi connectivity index (χ4v) is 2.41. The third-order valence-corrected chi connectivity index (χ3v) is 3.68. The SMILES string of the molecule is c1cnc2c(-c3nnc(CCNC4CC4)o3)cccc2c1. The molecule has 5 heteroatoms. The van der Waals surface area contributed by atoms with Crippen LogP contribution >= 0.6 is 0 Å². The molecule has 1 fully saturated rings. The molecule has 0 amide bonds. The highest BCUT2D eigenvalue weighted by Crippen LogP contribution is 2.26.